The summed E-state index contributed by atoms with van der Waals surface area (Å²) in [5.41, 5.74) is 6.12. The Bertz CT molecular complexity index is 712. The van der Waals surface area contributed by atoms with E-state index in [9.17, 15) is 12.8 Å². The van der Waals surface area contributed by atoms with E-state index in [2.05, 4.69) is 9.82 Å². The van der Waals surface area contributed by atoms with E-state index in [0.717, 1.165) is 6.07 Å². The summed E-state index contributed by atoms with van der Waals surface area (Å²) in [6.07, 6.45) is 1.72. The maximum absolute atomic E-state index is 13.3. The van der Waals surface area contributed by atoms with Gasteiger partial charge in [0, 0.05) is 25.4 Å². The summed E-state index contributed by atoms with van der Waals surface area (Å²) in [4.78, 5) is -0.0183. The number of hydrogen-bond acceptors (Lipinski definition) is 4. The molecule has 0 fully saturated rings. The lowest BCUT2D eigenvalue weighted by Crippen LogP contribution is -2.24. The summed E-state index contributed by atoms with van der Waals surface area (Å²) in [7, 11) is -1.98. The molecule has 0 amide bonds. The first-order chi connectivity index (χ1) is 9.42. The highest BCUT2D eigenvalue weighted by atomic mass is 32.2. The maximum atomic E-state index is 13.3. The lowest BCUT2D eigenvalue weighted by Gasteiger charge is -2.07. The van der Waals surface area contributed by atoms with Crippen molar-refractivity contribution in [2.24, 2.45) is 12.8 Å². The number of aromatic nitrogens is 2. The summed E-state index contributed by atoms with van der Waals surface area (Å²) in [6, 6.07) is 5.24. The van der Waals surface area contributed by atoms with Crippen LogP contribution in [0, 0.1) is 5.82 Å². The number of nitrogens with one attached hydrogen (secondary N) is 1. The molecule has 8 heteroatoms. The molecule has 0 saturated carbocycles. The number of halogens is 1. The molecular formula is C12H15FN4O2S. The monoisotopic (exact) mass is 298 g/mol. The average Bonchev–Trinajstić information content (AvgIpc) is 2.83. The highest BCUT2D eigenvalue weighted by Crippen LogP contribution is 2.15. The summed E-state index contributed by atoms with van der Waals surface area (Å²) < 4.78 is 41.5. The highest BCUT2D eigenvalue weighted by molar-refractivity contribution is 7.89. The fourth-order valence-electron chi connectivity index (χ4n) is 1.68. The minimum atomic E-state index is -3.72. The van der Waals surface area contributed by atoms with Crippen LogP contribution in [0.4, 0.5) is 4.39 Å². The van der Waals surface area contributed by atoms with Crippen molar-refractivity contribution in [3.63, 3.8) is 0 Å². The average molecular weight is 298 g/mol. The molecule has 0 aliphatic rings. The Morgan fingerprint density at radius 1 is 1.40 bits per heavy atom. The van der Waals surface area contributed by atoms with Gasteiger partial charge in [-0.15, -0.1) is 0 Å². The Hall–Kier alpha value is -1.77. The summed E-state index contributed by atoms with van der Waals surface area (Å²) in [5, 5.41) is 4.06. The van der Waals surface area contributed by atoms with E-state index < -0.39 is 15.8 Å². The van der Waals surface area contributed by atoms with Crippen molar-refractivity contribution in [3.05, 3.63) is 47.5 Å². The van der Waals surface area contributed by atoms with Crippen LogP contribution in [-0.4, -0.2) is 18.2 Å². The first-order valence-corrected chi connectivity index (χ1v) is 7.37. The van der Waals surface area contributed by atoms with E-state index in [0.29, 0.717) is 5.69 Å². The van der Waals surface area contributed by atoms with Crippen LogP contribution in [0.15, 0.2) is 35.4 Å². The lowest BCUT2D eigenvalue weighted by molar-refractivity contribution is 0.577. The van der Waals surface area contributed by atoms with E-state index in [1.165, 1.54) is 12.1 Å². The predicted molar refractivity (Wildman–Crippen MR) is 71.5 cm³/mol. The van der Waals surface area contributed by atoms with Crippen molar-refractivity contribution in [2.75, 3.05) is 0 Å². The van der Waals surface area contributed by atoms with Gasteiger partial charge in [-0.25, -0.2) is 17.5 Å². The molecule has 2 rings (SSSR count). The van der Waals surface area contributed by atoms with Crippen LogP contribution in [-0.2, 0) is 30.2 Å². The zero-order valence-corrected chi connectivity index (χ0v) is 11.7. The van der Waals surface area contributed by atoms with Gasteiger partial charge in [0.15, 0.2) is 0 Å². The van der Waals surface area contributed by atoms with Crippen LogP contribution in [0.3, 0.4) is 0 Å². The molecule has 0 saturated heterocycles. The SMILES string of the molecule is Cn1ccc(CNS(=O)(=O)c2ccc(F)c(CN)c2)n1. The smallest absolute Gasteiger partial charge is 0.240 e. The number of nitrogens with zero attached hydrogens (tertiary/aromatic N) is 2. The molecule has 0 aliphatic heterocycles. The van der Waals surface area contributed by atoms with Crippen molar-refractivity contribution < 1.29 is 12.8 Å². The molecule has 0 bridgehead atoms. The first-order valence-electron chi connectivity index (χ1n) is 5.89. The minimum Gasteiger partial charge on any atom is -0.326 e. The number of benzene rings is 1. The van der Waals surface area contributed by atoms with Gasteiger partial charge in [0.25, 0.3) is 0 Å². The third kappa shape index (κ3) is 3.21. The molecule has 20 heavy (non-hydrogen) atoms. The molecule has 1 heterocycles. The fraction of sp³-hybridized carbons (Fsp3) is 0.250. The van der Waals surface area contributed by atoms with Crippen LogP contribution >= 0.6 is 0 Å². The summed E-state index contributed by atoms with van der Waals surface area (Å²) in [6.45, 7) is 0.00788. The molecule has 2 aromatic rings. The van der Waals surface area contributed by atoms with Gasteiger partial charge >= 0.3 is 0 Å². The van der Waals surface area contributed by atoms with Gasteiger partial charge in [-0.1, -0.05) is 0 Å². The van der Waals surface area contributed by atoms with Crippen molar-refractivity contribution in [2.45, 2.75) is 18.0 Å². The molecule has 1 aromatic heterocycles. The van der Waals surface area contributed by atoms with Crippen LogP contribution in [0.2, 0.25) is 0 Å². The largest absolute Gasteiger partial charge is 0.326 e. The van der Waals surface area contributed by atoms with E-state index >= 15 is 0 Å². The molecule has 0 radical (unpaired) electrons. The van der Waals surface area contributed by atoms with E-state index in [-0.39, 0.29) is 23.5 Å². The second-order valence-corrected chi connectivity index (χ2v) is 6.03. The van der Waals surface area contributed by atoms with Gasteiger partial charge in [0.05, 0.1) is 17.1 Å². The third-order valence-electron chi connectivity index (χ3n) is 2.76. The van der Waals surface area contributed by atoms with E-state index in [4.69, 9.17) is 5.73 Å². The quantitative estimate of drug-likeness (QED) is 0.841. The zero-order valence-electron chi connectivity index (χ0n) is 10.9. The minimum absolute atomic E-state index is 0.0183. The predicted octanol–water partition coefficient (Wildman–Crippen LogP) is 0.496. The van der Waals surface area contributed by atoms with Crippen molar-refractivity contribution >= 4 is 10.0 Å². The Labute approximate surface area is 116 Å². The van der Waals surface area contributed by atoms with Gasteiger partial charge in [-0.2, -0.15) is 5.10 Å². The number of rotatable bonds is 5. The number of hydrogen-bond donors (Lipinski definition) is 2. The molecule has 108 valence electrons. The molecule has 0 atom stereocenters. The Morgan fingerprint density at radius 2 is 2.15 bits per heavy atom. The second kappa shape index (κ2) is 5.70. The van der Waals surface area contributed by atoms with Gasteiger partial charge in [-0.3, -0.25) is 4.68 Å². The highest BCUT2D eigenvalue weighted by Gasteiger charge is 2.16. The maximum Gasteiger partial charge on any atom is 0.240 e. The number of sulfonamides is 1. The Kier molecular flexibility index (Phi) is 4.17. The van der Waals surface area contributed by atoms with Gasteiger partial charge in [-0.05, 0) is 24.3 Å². The molecule has 0 unspecified atom stereocenters. The summed E-state index contributed by atoms with van der Waals surface area (Å²) in [5.74, 6) is -0.517. The van der Waals surface area contributed by atoms with Gasteiger partial charge in [0.1, 0.15) is 5.82 Å². The molecule has 3 N–H and O–H groups in total. The number of nitrogens with two attached hydrogens (primary N) is 1. The van der Waals surface area contributed by atoms with Crippen LogP contribution < -0.4 is 10.5 Å². The number of aryl methyl sites for hydroxylation is 1. The third-order valence-corrected chi connectivity index (χ3v) is 4.16. The molecule has 6 nitrogen and oxygen atoms in total. The van der Waals surface area contributed by atoms with Gasteiger partial charge in [0.2, 0.25) is 10.0 Å². The lowest BCUT2D eigenvalue weighted by atomic mass is 10.2. The second-order valence-electron chi connectivity index (χ2n) is 4.26. The van der Waals surface area contributed by atoms with Gasteiger partial charge < -0.3 is 5.73 Å². The topological polar surface area (TPSA) is 90.0 Å². The normalized spacial score (nSPS) is 11.8. The van der Waals surface area contributed by atoms with E-state index in [1.807, 2.05) is 0 Å². The fourth-order valence-corrected chi connectivity index (χ4v) is 2.73. The molecule has 0 aliphatic carbocycles. The van der Waals surface area contributed by atoms with Crippen molar-refractivity contribution in [1.29, 1.82) is 0 Å². The molecule has 1 aromatic carbocycles. The van der Waals surface area contributed by atoms with Crippen molar-refractivity contribution in [3.8, 4) is 0 Å². The molecule has 0 spiro atoms. The Balaban J connectivity index is 2.17. The van der Waals surface area contributed by atoms with Crippen LogP contribution in [0.5, 0.6) is 0 Å². The Morgan fingerprint density at radius 3 is 2.75 bits per heavy atom. The van der Waals surface area contributed by atoms with Crippen LogP contribution in [0.25, 0.3) is 0 Å². The zero-order chi connectivity index (χ0) is 14.8. The summed E-state index contributed by atoms with van der Waals surface area (Å²) >= 11 is 0. The van der Waals surface area contributed by atoms with Crippen LogP contribution in [0.1, 0.15) is 11.3 Å². The first kappa shape index (κ1) is 14.6. The van der Waals surface area contributed by atoms with E-state index in [1.54, 1.807) is 24.0 Å². The standard InChI is InChI=1S/C12H15FN4O2S/c1-17-5-4-10(16-17)8-15-20(18,19)11-2-3-12(13)9(6-11)7-14/h2-6,15H,7-8,14H2,1H3. The van der Waals surface area contributed by atoms with Crippen molar-refractivity contribution in [1.82, 2.24) is 14.5 Å². The molecular weight excluding hydrogens is 283 g/mol.